The van der Waals surface area contributed by atoms with Crippen LogP contribution in [-0.4, -0.2) is 38.5 Å². The third kappa shape index (κ3) is 5.45. The van der Waals surface area contributed by atoms with E-state index >= 15 is 0 Å². The van der Waals surface area contributed by atoms with E-state index in [0.717, 1.165) is 26.9 Å². The Morgan fingerprint density at radius 1 is 1.12 bits per heavy atom. The number of benzene rings is 2. The second-order valence-electron chi connectivity index (χ2n) is 7.77. The zero-order valence-electron chi connectivity index (χ0n) is 19.1. The largest absolute Gasteiger partial charge is 0.496 e. The van der Waals surface area contributed by atoms with Gasteiger partial charge in [-0.25, -0.2) is 0 Å². The average molecular weight is 515 g/mol. The lowest BCUT2D eigenvalue weighted by atomic mass is 9.86. The summed E-state index contributed by atoms with van der Waals surface area (Å²) in [6.07, 6.45) is 0.0405. The van der Waals surface area contributed by atoms with Gasteiger partial charge in [-0.2, -0.15) is 0 Å². The minimum atomic E-state index is -0.431. The molecule has 2 aromatic carbocycles. The Labute approximate surface area is 201 Å². The summed E-state index contributed by atoms with van der Waals surface area (Å²) in [4.78, 5) is 38.5. The van der Waals surface area contributed by atoms with Crippen LogP contribution in [0.5, 0.6) is 5.75 Å². The Morgan fingerprint density at radius 2 is 1.85 bits per heavy atom. The van der Waals surface area contributed by atoms with Crippen LogP contribution in [0.3, 0.4) is 0 Å². The number of halogens is 1. The molecule has 0 radical (unpaired) electrons. The summed E-state index contributed by atoms with van der Waals surface area (Å²) in [7, 11) is 2.91. The van der Waals surface area contributed by atoms with Crippen molar-refractivity contribution in [2.45, 2.75) is 32.6 Å². The molecule has 0 saturated heterocycles. The first-order valence-corrected chi connectivity index (χ1v) is 11.4. The molecule has 0 fully saturated rings. The highest BCUT2D eigenvalue weighted by atomic mass is 79.9. The number of hydrogen-bond donors (Lipinski definition) is 1. The highest BCUT2D eigenvalue weighted by Crippen LogP contribution is 2.40. The number of amides is 2. The van der Waals surface area contributed by atoms with Gasteiger partial charge in [0.2, 0.25) is 11.8 Å². The third-order valence-corrected chi connectivity index (χ3v) is 6.30. The van der Waals surface area contributed by atoms with Gasteiger partial charge < -0.3 is 19.7 Å². The molecule has 1 unspecified atom stereocenters. The number of carbonyl (C=O) groups is 3. The number of esters is 1. The molecule has 0 spiro atoms. The minimum Gasteiger partial charge on any atom is -0.496 e. The predicted octanol–water partition coefficient (Wildman–Crippen LogP) is 4.41. The summed E-state index contributed by atoms with van der Waals surface area (Å²) < 4.78 is 10.8. The molecular weight excluding hydrogens is 488 g/mol. The first kappa shape index (κ1) is 24.5. The van der Waals surface area contributed by atoms with E-state index in [1.165, 1.54) is 14.0 Å². The zero-order chi connectivity index (χ0) is 24.1. The van der Waals surface area contributed by atoms with Crippen molar-refractivity contribution >= 4 is 45.1 Å². The van der Waals surface area contributed by atoms with Crippen LogP contribution in [0.15, 0.2) is 52.5 Å². The fourth-order valence-electron chi connectivity index (χ4n) is 3.93. The normalized spacial score (nSPS) is 13.8. The van der Waals surface area contributed by atoms with E-state index in [1.54, 1.807) is 12.0 Å². The molecule has 1 N–H and O–H groups in total. The van der Waals surface area contributed by atoms with Gasteiger partial charge in [-0.15, -0.1) is 0 Å². The molecule has 1 aliphatic rings. The molecule has 0 aromatic heterocycles. The van der Waals surface area contributed by atoms with Crippen molar-refractivity contribution in [1.29, 1.82) is 0 Å². The van der Waals surface area contributed by atoms with Crippen molar-refractivity contribution in [2.24, 2.45) is 0 Å². The summed E-state index contributed by atoms with van der Waals surface area (Å²) >= 11 is 3.54. The summed E-state index contributed by atoms with van der Waals surface area (Å²) in [5.41, 5.74) is 4.06. The van der Waals surface area contributed by atoms with E-state index < -0.39 is 5.97 Å². The topological polar surface area (TPSA) is 84.9 Å². The summed E-state index contributed by atoms with van der Waals surface area (Å²) in [5, 5.41) is 2.99. The number of methoxy groups -OCH3 is 2. The summed E-state index contributed by atoms with van der Waals surface area (Å²) in [6.45, 7) is 3.80. The van der Waals surface area contributed by atoms with E-state index in [9.17, 15) is 14.4 Å². The number of rotatable bonds is 7. The lowest BCUT2D eigenvalue weighted by molar-refractivity contribution is -0.141. The van der Waals surface area contributed by atoms with Crippen LogP contribution in [0.2, 0.25) is 0 Å². The predicted molar refractivity (Wildman–Crippen MR) is 130 cm³/mol. The molecule has 1 atom stereocenters. The van der Waals surface area contributed by atoms with Crippen LogP contribution < -0.4 is 15.0 Å². The summed E-state index contributed by atoms with van der Waals surface area (Å²) in [5.74, 6) is -0.199. The van der Waals surface area contributed by atoms with Crippen LogP contribution in [-0.2, 0) is 19.1 Å². The van der Waals surface area contributed by atoms with Crippen LogP contribution in [0.1, 0.15) is 43.7 Å². The lowest BCUT2D eigenvalue weighted by Crippen LogP contribution is -2.39. The van der Waals surface area contributed by atoms with Gasteiger partial charge in [0, 0.05) is 31.4 Å². The second kappa shape index (κ2) is 10.7. The number of carbonyl (C=O) groups excluding carboxylic acids is 3. The molecule has 1 heterocycles. The summed E-state index contributed by atoms with van der Waals surface area (Å²) in [6, 6.07) is 13.3. The molecular formula is C25H27BrN2O5. The van der Waals surface area contributed by atoms with Crippen molar-refractivity contribution in [3.8, 4) is 5.75 Å². The Morgan fingerprint density at radius 3 is 2.48 bits per heavy atom. The van der Waals surface area contributed by atoms with E-state index in [4.69, 9.17) is 4.74 Å². The number of fused-ring (bicyclic) bond motifs is 1. The number of nitrogens with one attached hydrogen (secondary N) is 1. The van der Waals surface area contributed by atoms with Gasteiger partial charge in [0.05, 0.1) is 36.5 Å². The van der Waals surface area contributed by atoms with Crippen molar-refractivity contribution in [3.05, 3.63) is 63.6 Å². The van der Waals surface area contributed by atoms with Crippen LogP contribution in [0.25, 0.3) is 5.70 Å². The van der Waals surface area contributed by atoms with Gasteiger partial charge >= 0.3 is 5.97 Å². The Bertz CT molecular complexity index is 1110. The Balaban J connectivity index is 2.07. The first-order chi connectivity index (χ1) is 15.8. The zero-order valence-corrected chi connectivity index (χ0v) is 20.7. The maximum Gasteiger partial charge on any atom is 0.306 e. The van der Waals surface area contributed by atoms with E-state index in [-0.39, 0.29) is 37.1 Å². The molecule has 2 aromatic rings. The van der Waals surface area contributed by atoms with Gasteiger partial charge in [0.25, 0.3) is 0 Å². The fourth-order valence-corrected chi connectivity index (χ4v) is 4.49. The average Bonchev–Trinajstić information content (AvgIpc) is 2.81. The quantitative estimate of drug-likeness (QED) is 0.553. The number of nitrogens with zero attached hydrogens (tertiary/aromatic N) is 1. The van der Waals surface area contributed by atoms with E-state index in [2.05, 4.69) is 26.0 Å². The van der Waals surface area contributed by atoms with Crippen LogP contribution >= 0.6 is 15.9 Å². The van der Waals surface area contributed by atoms with Crippen LogP contribution in [0, 0.1) is 0 Å². The van der Waals surface area contributed by atoms with E-state index in [1.807, 2.05) is 49.4 Å². The van der Waals surface area contributed by atoms with Gasteiger partial charge in [0.15, 0.2) is 0 Å². The number of para-hydroxylation sites is 1. The number of ether oxygens (including phenoxy) is 2. The van der Waals surface area contributed by atoms with Gasteiger partial charge in [-0.05, 0) is 45.3 Å². The van der Waals surface area contributed by atoms with Gasteiger partial charge in [0.1, 0.15) is 5.75 Å². The Kier molecular flexibility index (Phi) is 7.92. The number of hydrogen-bond acceptors (Lipinski definition) is 5. The molecule has 174 valence electrons. The molecule has 0 bridgehead atoms. The molecule has 3 rings (SSSR count). The smallest absolute Gasteiger partial charge is 0.306 e. The molecule has 2 amide bonds. The highest BCUT2D eigenvalue weighted by Gasteiger charge is 2.31. The second-order valence-corrected chi connectivity index (χ2v) is 8.62. The monoisotopic (exact) mass is 514 g/mol. The molecule has 7 nitrogen and oxygen atoms in total. The number of anilines is 1. The van der Waals surface area contributed by atoms with Gasteiger partial charge in [-0.1, -0.05) is 31.2 Å². The first-order valence-electron chi connectivity index (χ1n) is 10.6. The van der Waals surface area contributed by atoms with Crippen molar-refractivity contribution in [1.82, 2.24) is 5.32 Å². The van der Waals surface area contributed by atoms with E-state index in [0.29, 0.717) is 11.4 Å². The van der Waals surface area contributed by atoms with Crippen molar-refractivity contribution in [3.63, 3.8) is 0 Å². The lowest BCUT2D eigenvalue weighted by Gasteiger charge is -2.35. The fraction of sp³-hybridized carbons (Fsp3) is 0.320. The maximum absolute atomic E-state index is 13.1. The molecule has 1 aliphatic heterocycles. The highest BCUT2D eigenvalue weighted by molar-refractivity contribution is 9.10. The molecule has 0 saturated carbocycles. The van der Waals surface area contributed by atoms with Gasteiger partial charge in [-0.3, -0.25) is 14.4 Å². The standard InChI is InChI=1S/C25H27BrN2O5/c1-15(17-9-10-22(32-3)20(26)13-17)19-14-28(23(30)11-12-24(31)33-4)21-8-6-5-7-18(21)25(19)27-16(2)29/h5-10,13,15H,11-12,14H2,1-4H3,(H,27,29). The SMILES string of the molecule is COC(=O)CCC(=O)N1CC(C(C)c2ccc(OC)c(Br)c2)=C(NC(C)=O)c2ccccc21. The molecule has 8 heteroatoms. The van der Waals surface area contributed by atoms with Crippen molar-refractivity contribution < 1.29 is 23.9 Å². The third-order valence-electron chi connectivity index (χ3n) is 5.69. The molecule has 33 heavy (non-hydrogen) atoms. The minimum absolute atomic E-state index is 0.00653. The van der Waals surface area contributed by atoms with Crippen LogP contribution in [0.4, 0.5) is 5.69 Å². The maximum atomic E-state index is 13.1. The van der Waals surface area contributed by atoms with Crippen molar-refractivity contribution in [2.75, 3.05) is 25.7 Å². The molecule has 0 aliphatic carbocycles. The Hall–Kier alpha value is -3.13.